The quantitative estimate of drug-likeness (QED) is 0.673. The minimum atomic E-state index is -4.60. The Hall–Kier alpha value is -2.89. The van der Waals surface area contributed by atoms with E-state index in [0.717, 1.165) is 11.6 Å². The first kappa shape index (κ1) is 15.0. The van der Waals surface area contributed by atoms with Gasteiger partial charge in [-0.15, -0.1) is 0 Å². The summed E-state index contributed by atoms with van der Waals surface area (Å²) in [5, 5.41) is 0. The van der Waals surface area contributed by atoms with Crippen molar-refractivity contribution in [2.45, 2.75) is 6.18 Å². The third-order valence-electron chi connectivity index (χ3n) is 3.42. The van der Waals surface area contributed by atoms with Crippen molar-refractivity contribution >= 4 is 6.29 Å². The molecule has 0 bridgehead atoms. The molecule has 0 amide bonds. The standard InChI is InChI=1S/C17H11F3N2O/c18-17(19,20)15-10-14(7-6-13(15)11-23)22-9-8-21-16(22)12-4-2-1-3-5-12/h1-11H. The van der Waals surface area contributed by atoms with E-state index in [1.165, 1.54) is 18.3 Å². The van der Waals surface area contributed by atoms with E-state index in [0.29, 0.717) is 11.5 Å². The summed E-state index contributed by atoms with van der Waals surface area (Å²) in [6.07, 6.45) is -1.29. The second-order valence-electron chi connectivity index (χ2n) is 4.87. The number of imidazole rings is 1. The molecule has 0 N–H and O–H groups in total. The number of halogens is 3. The van der Waals surface area contributed by atoms with Crippen molar-refractivity contribution in [2.75, 3.05) is 0 Å². The maximum Gasteiger partial charge on any atom is 0.417 e. The first-order chi connectivity index (χ1) is 11.0. The van der Waals surface area contributed by atoms with Gasteiger partial charge in [0.05, 0.1) is 5.56 Å². The van der Waals surface area contributed by atoms with E-state index in [1.807, 2.05) is 30.3 Å². The van der Waals surface area contributed by atoms with Gasteiger partial charge >= 0.3 is 6.18 Å². The summed E-state index contributed by atoms with van der Waals surface area (Å²) in [5.74, 6) is 0.526. The van der Waals surface area contributed by atoms with Gasteiger partial charge in [-0.3, -0.25) is 9.36 Å². The van der Waals surface area contributed by atoms with Crippen LogP contribution in [0, 0.1) is 0 Å². The molecule has 0 radical (unpaired) electrons. The molecule has 23 heavy (non-hydrogen) atoms. The number of benzene rings is 2. The Kier molecular flexibility index (Phi) is 3.73. The lowest BCUT2D eigenvalue weighted by atomic mass is 10.1. The molecule has 0 atom stereocenters. The van der Waals surface area contributed by atoms with Gasteiger partial charge in [-0.05, 0) is 18.2 Å². The van der Waals surface area contributed by atoms with Crippen LogP contribution in [0.1, 0.15) is 15.9 Å². The van der Waals surface area contributed by atoms with Crippen molar-refractivity contribution in [3.63, 3.8) is 0 Å². The molecule has 2 aromatic carbocycles. The first-order valence-electron chi connectivity index (χ1n) is 6.76. The van der Waals surface area contributed by atoms with Crippen molar-refractivity contribution in [1.82, 2.24) is 9.55 Å². The average molecular weight is 316 g/mol. The highest BCUT2D eigenvalue weighted by Crippen LogP contribution is 2.33. The molecule has 1 aromatic heterocycles. The summed E-state index contributed by atoms with van der Waals surface area (Å²) in [6, 6.07) is 12.7. The maximum atomic E-state index is 13.1. The summed E-state index contributed by atoms with van der Waals surface area (Å²) in [4.78, 5) is 15.1. The van der Waals surface area contributed by atoms with E-state index in [9.17, 15) is 18.0 Å². The van der Waals surface area contributed by atoms with E-state index in [4.69, 9.17) is 0 Å². The minimum absolute atomic E-state index is 0.207. The van der Waals surface area contributed by atoms with Gasteiger partial charge in [0.1, 0.15) is 5.82 Å². The van der Waals surface area contributed by atoms with E-state index in [-0.39, 0.29) is 11.8 Å². The molecule has 0 aliphatic carbocycles. The molecule has 116 valence electrons. The van der Waals surface area contributed by atoms with Crippen LogP contribution in [0.25, 0.3) is 17.1 Å². The summed E-state index contributed by atoms with van der Waals surface area (Å²) in [5.41, 5.74) is -0.273. The number of rotatable bonds is 3. The van der Waals surface area contributed by atoms with Gasteiger partial charge in [0.2, 0.25) is 0 Å². The minimum Gasteiger partial charge on any atom is -0.300 e. The van der Waals surface area contributed by atoms with Crippen LogP contribution in [0.2, 0.25) is 0 Å². The molecule has 3 nitrogen and oxygen atoms in total. The fourth-order valence-electron chi connectivity index (χ4n) is 2.35. The van der Waals surface area contributed by atoms with Crippen LogP contribution in [-0.2, 0) is 6.18 Å². The molecular formula is C17H11F3N2O. The zero-order valence-electron chi connectivity index (χ0n) is 11.8. The number of hydrogen-bond acceptors (Lipinski definition) is 2. The molecule has 1 heterocycles. The van der Waals surface area contributed by atoms with Crippen LogP contribution in [-0.4, -0.2) is 15.8 Å². The lowest BCUT2D eigenvalue weighted by Crippen LogP contribution is -2.10. The van der Waals surface area contributed by atoms with Gasteiger partial charge in [0.15, 0.2) is 6.29 Å². The van der Waals surface area contributed by atoms with Gasteiger partial charge in [-0.2, -0.15) is 13.2 Å². The highest BCUT2D eigenvalue weighted by molar-refractivity contribution is 5.78. The van der Waals surface area contributed by atoms with E-state index < -0.39 is 11.7 Å². The largest absolute Gasteiger partial charge is 0.417 e. The Morgan fingerprint density at radius 3 is 2.43 bits per heavy atom. The van der Waals surface area contributed by atoms with Crippen LogP contribution in [0.15, 0.2) is 60.9 Å². The molecule has 0 fully saturated rings. The monoisotopic (exact) mass is 316 g/mol. The molecular weight excluding hydrogens is 305 g/mol. The Morgan fingerprint density at radius 2 is 1.78 bits per heavy atom. The predicted molar refractivity (Wildman–Crippen MR) is 79.4 cm³/mol. The smallest absolute Gasteiger partial charge is 0.300 e. The van der Waals surface area contributed by atoms with Crippen molar-refractivity contribution in [3.05, 3.63) is 72.1 Å². The zero-order valence-corrected chi connectivity index (χ0v) is 11.8. The van der Waals surface area contributed by atoms with Crippen LogP contribution in [0.3, 0.4) is 0 Å². The molecule has 0 aliphatic rings. The van der Waals surface area contributed by atoms with Gasteiger partial charge in [0, 0.05) is 29.2 Å². The molecule has 0 unspecified atom stereocenters. The zero-order chi connectivity index (χ0) is 16.4. The second kappa shape index (κ2) is 5.72. The third kappa shape index (κ3) is 2.88. The first-order valence-corrected chi connectivity index (χ1v) is 6.76. The summed E-state index contributed by atoms with van der Waals surface area (Å²) >= 11 is 0. The van der Waals surface area contributed by atoms with Crippen LogP contribution >= 0.6 is 0 Å². The lowest BCUT2D eigenvalue weighted by Gasteiger charge is -2.13. The highest BCUT2D eigenvalue weighted by Gasteiger charge is 2.33. The Bertz CT molecular complexity index is 839. The number of carbonyl (C=O) groups excluding carboxylic acids is 1. The Labute approximate surface area is 130 Å². The van der Waals surface area contributed by atoms with Crippen molar-refractivity contribution in [1.29, 1.82) is 0 Å². The third-order valence-corrected chi connectivity index (χ3v) is 3.42. The second-order valence-corrected chi connectivity index (χ2v) is 4.87. The topological polar surface area (TPSA) is 34.9 Å². The molecule has 0 saturated carbocycles. The van der Waals surface area contributed by atoms with E-state index in [2.05, 4.69) is 4.98 Å². The summed E-state index contributed by atoms with van der Waals surface area (Å²) in [6.45, 7) is 0. The highest BCUT2D eigenvalue weighted by atomic mass is 19.4. The number of carbonyl (C=O) groups is 1. The van der Waals surface area contributed by atoms with Crippen LogP contribution in [0.5, 0.6) is 0 Å². The van der Waals surface area contributed by atoms with Gasteiger partial charge in [-0.25, -0.2) is 4.98 Å². The average Bonchev–Trinajstić information content (AvgIpc) is 3.04. The molecule has 0 spiro atoms. The molecule has 6 heteroatoms. The Balaban J connectivity index is 2.14. The van der Waals surface area contributed by atoms with Crippen LogP contribution < -0.4 is 0 Å². The summed E-state index contributed by atoms with van der Waals surface area (Å²) in [7, 11) is 0. The predicted octanol–water partition coefficient (Wildman–Crippen LogP) is 4.37. The molecule has 0 saturated heterocycles. The summed E-state index contributed by atoms with van der Waals surface area (Å²) < 4.78 is 40.8. The SMILES string of the molecule is O=Cc1ccc(-n2ccnc2-c2ccccc2)cc1C(F)(F)F. The molecule has 3 aromatic rings. The number of hydrogen-bond donors (Lipinski definition) is 0. The van der Waals surface area contributed by atoms with Crippen molar-refractivity contribution in [2.24, 2.45) is 0 Å². The lowest BCUT2D eigenvalue weighted by molar-refractivity contribution is -0.137. The number of alkyl halides is 3. The normalized spacial score (nSPS) is 11.4. The van der Waals surface area contributed by atoms with Crippen LogP contribution in [0.4, 0.5) is 13.2 Å². The molecule has 3 rings (SSSR count). The number of aldehydes is 1. The van der Waals surface area contributed by atoms with Gasteiger partial charge in [0.25, 0.3) is 0 Å². The van der Waals surface area contributed by atoms with E-state index >= 15 is 0 Å². The van der Waals surface area contributed by atoms with Gasteiger partial charge in [-0.1, -0.05) is 30.3 Å². The van der Waals surface area contributed by atoms with Gasteiger partial charge < -0.3 is 0 Å². The van der Waals surface area contributed by atoms with Crippen molar-refractivity contribution < 1.29 is 18.0 Å². The fourth-order valence-corrected chi connectivity index (χ4v) is 2.35. The maximum absolute atomic E-state index is 13.1. The number of nitrogens with zero attached hydrogens (tertiary/aromatic N) is 2. The molecule has 0 aliphatic heterocycles. The van der Waals surface area contributed by atoms with Crippen molar-refractivity contribution in [3.8, 4) is 17.1 Å². The van der Waals surface area contributed by atoms with E-state index in [1.54, 1.807) is 10.8 Å². The fraction of sp³-hybridized carbons (Fsp3) is 0.0588. The Morgan fingerprint density at radius 1 is 1.04 bits per heavy atom. The number of aromatic nitrogens is 2.